The molecule has 1 saturated carbocycles. The van der Waals surface area contributed by atoms with Crippen LogP contribution in [0.1, 0.15) is 37.2 Å². The Bertz CT molecular complexity index is 289. The molecule has 0 spiro atoms. The molecule has 1 atom stereocenters. The molecule has 1 aromatic rings. The van der Waals surface area contributed by atoms with Crippen molar-refractivity contribution in [2.75, 3.05) is 0 Å². The van der Waals surface area contributed by atoms with Gasteiger partial charge in [-0.3, -0.25) is 4.79 Å². The molecule has 1 nitrogen and oxygen atoms in total. The maximum absolute atomic E-state index is 11.2. The molecule has 13 heavy (non-hydrogen) atoms. The zero-order valence-corrected chi connectivity index (χ0v) is 7.62. The molecule has 0 heterocycles. The summed E-state index contributed by atoms with van der Waals surface area (Å²) in [6, 6.07) is 11.2. The molecule has 1 heteroatoms. The normalized spacial score (nSPS) is 23.1. The average Bonchev–Trinajstić information content (AvgIpc) is 2.19. The molecule has 0 amide bonds. The van der Waals surface area contributed by atoms with E-state index in [1.165, 1.54) is 5.56 Å². The van der Waals surface area contributed by atoms with E-state index in [-0.39, 0.29) is 0 Å². The van der Waals surface area contributed by atoms with Crippen LogP contribution < -0.4 is 0 Å². The van der Waals surface area contributed by atoms with Gasteiger partial charge < -0.3 is 0 Å². The number of rotatable bonds is 1. The van der Waals surface area contributed by atoms with Gasteiger partial charge >= 0.3 is 0 Å². The largest absolute Gasteiger partial charge is 0.300 e. The first-order valence-corrected chi connectivity index (χ1v) is 4.84. The van der Waals surface area contributed by atoms with Crippen LogP contribution in [0.25, 0.3) is 0 Å². The van der Waals surface area contributed by atoms with Crippen molar-refractivity contribution in [3.63, 3.8) is 0 Å². The van der Waals surface area contributed by atoms with Gasteiger partial charge in [-0.25, -0.2) is 0 Å². The summed E-state index contributed by atoms with van der Waals surface area (Å²) in [6.45, 7) is 0. The Morgan fingerprint density at radius 1 is 1.38 bits per heavy atom. The highest BCUT2D eigenvalue weighted by atomic mass is 16.1. The molecular formula is C12H13O. The van der Waals surface area contributed by atoms with Crippen LogP contribution in [0.3, 0.4) is 0 Å². The number of hydrogen-bond donors (Lipinski definition) is 0. The number of carbonyl (C=O) groups is 1. The van der Waals surface area contributed by atoms with Crippen molar-refractivity contribution in [2.24, 2.45) is 0 Å². The van der Waals surface area contributed by atoms with E-state index in [1.54, 1.807) is 0 Å². The lowest BCUT2D eigenvalue weighted by Crippen LogP contribution is -2.13. The molecule has 67 valence electrons. The summed E-state index contributed by atoms with van der Waals surface area (Å²) in [5.41, 5.74) is 1.20. The van der Waals surface area contributed by atoms with Crippen molar-refractivity contribution < 1.29 is 4.79 Å². The van der Waals surface area contributed by atoms with Crippen LogP contribution in [0.15, 0.2) is 24.3 Å². The standard InChI is InChI=1S/C12H13O/c13-12-8-4-7-11(9-12)10-5-2-1-3-6-10/h1-3,5,11H,4,7-9H2. The fourth-order valence-corrected chi connectivity index (χ4v) is 1.95. The third-order valence-electron chi connectivity index (χ3n) is 2.66. The topological polar surface area (TPSA) is 17.1 Å². The van der Waals surface area contributed by atoms with Crippen molar-refractivity contribution in [3.05, 3.63) is 35.9 Å². The van der Waals surface area contributed by atoms with Gasteiger partial charge in [0, 0.05) is 12.8 Å². The Morgan fingerprint density at radius 3 is 3.00 bits per heavy atom. The number of benzene rings is 1. The summed E-state index contributed by atoms with van der Waals surface area (Å²) in [5, 5.41) is 0. The Hall–Kier alpha value is -1.11. The number of ketones is 1. The Labute approximate surface area is 78.8 Å². The molecule has 1 aliphatic rings. The van der Waals surface area contributed by atoms with Gasteiger partial charge in [0.2, 0.25) is 0 Å². The van der Waals surface area contributed by atoms with Crippen LogP contribution in [-0.2, 0) is 4.79 Å². The number of Topliss-reactive ketones (excluding diaryl/α,β-unsaturated/α-hetero) is 1. The van der Waals surface area contributed by atoms with E-state index >= 15 is 0 Å². The Morgan fingerprint density at radius 2 is 2.31 bits per heavy atom. The summed E-state index contributed by atoms with van der Waals surface area (Å²) < 4.78 is 0. The Kier molecular flexibility index (Phi) is 2.44. The van der Waals surface area contributed by atoms with E-state index in [4.69, 9.17) is 0 Å². The van der Waals surface area contributed by atoms with E-state index in [0.29, 0.717) is 11.7 Å². The predicted octanol–water partition coefficient (Wildman–Crippen LogP) is 2.71. The summed E-state index contributed by atoms with van der Waals surface area (Å²) in [4.78, 5) is 11.2. The molecular weight excluding hydrogens is 160 g/mol. The van der Waals surface area contributed by atoms with Crippen molar-refractivity contribution in [1.82, 2.24) is 0 Å². The first-order valence-electron chi connectivity index (χ1n) is 4.84. The number of hydrogen-bond acceptors (Lipinski definition) is 1. The first-order chi connectivity index (χ1) is 6.36. The molecule has 1 aromatic carbocycles. The van der Waals surface area contributed by atoms with E-state index in [9.17, 15) is 4.79 Å². The van der Waals surface area contributed by atoms with E-state index in [0.717, 1.165) is 25.7 Å². The molecule has 1 fully saturated rings. The maximum Gasteiger partial charge on any atom is 0.133 e. The smallest absolute Gasteiger partial charge is 0.133 e. The number of carbonyl (C=O) groups excluding carboxylic acids is 1. The zero-order chi connectivity index (χ0) is 9.10. The van der Waals surface area contributed by atoms with Gasteiger partial charge in [-0.05, 0) is 30.4 Å². The fraction of sp³-hybridized carbons (Fsp3) is 0.417. The molecule has 1 aliphatic carbocycles. The quantitative estimate of drug-likeness (QED) is 0.638. The minimum Gasteiger partial charge on any atom is -0.300 e. The third kappa shape index (κ3) is 1.97. The van der Waals surface area contributed by atoms with E-state index < -0.39 is 0 Å². The minimum absolute atomic E-state index is 0.411. The molecule has 1 unspecified atom stereocenters. The van der Waals surface area contributed by atoms with Gasteiger partial charge in [0.05, 0.1) is 0 Å². The van der Waals surface area contributed by atoms with Crippen LogP contribution in [0.4, 0.5) is 0 Å². The van der Waals surface area contributed by atoms with Crippen molar-refractivity contribution in [3.8, 4) is 0 Å². The van der Waals surface area contributed by atoms with E-state index in [1.807, 2.05) is 18.2 Å². The molecule has 0 aromatic heterocycles. The monoisotopic (exact) mass is 173 g/mol. The lowest BCUT2D eigenvalue weighted by atomic mass is 9.83. The molecule has 0 saturated heterocycles. The van der Waals surface area contributed by atoms with Crippen LogP contribution in [0.5, 0.6) is 0 Å². The predicted molar refractivity (Wildman–Crippen MR) is 51.5 cm³/mol. The summed E-state index contributed by atoms with van der Waals surface area (Å²) in [5.74, 6) is 0.843. The maximum atomic E-state index is 11.2. The summed E-state index contributed by atoms with van der Waals surface area (Å²) >= 11 is 0. The van der Waals surface area contributed by atoms with Gasteiger partial charge in [0.1, 0.15) is 5.78 Å². The molecule has 2 rings (SSSR count). The lowest BCUT2D eigenvalue weighted by Gasteiger charge is -2.20. The van der Waals surface area contributed by atoms with Crippen molar-refractivity contribution >= 4 is 5.78 Å². The van der Waals surface area contributed by atoms with Crippen LogP contribution in [0.2, 0.25) is 0 Å². The highest BCUT2D eigenvalue weighted by Crippen LogP contribution is 2.30. The highest BCUT2D eigenvalue weighted by Gasteiger charge is 2.20. The molecule has 0 bridgehead atoms. The van der Waals surface area contributed by atoms with Crippen LogP contribution in [-0.4, -0.2) is 5.78 Å². The molecule has 0 aliphatic heterocycles. The fourth-order valence-electron chi connectivity index (χ4n) is 1.95. The van der Waals surface area contributed by atoms with Crippen LogP contribution >= 0.6 is 0 Å². The second kappa shape index (κ2) is 3.73. The lowest BCUT2D eigenvalue weighted by molar-refractivity contribution is -0.120. The van der Waals surface area contributed by atoms with Crippen LogP contribution in [0, 0.1) is 6.07 Å². The average molecular weight is 173 g/mol. The van der Waals surface area contributed by atoms with Gasteiger partial charge in [-0.15, -0.1) is 0 Å². The zero-order valence-electron chi connectivity index (χ0n) is 7.62. The SMILES string of the molecule is O=C1CCCC(c2[c]cccc2)C1. The van der Waals surface area contributed by atoms with Gasteiger partial charge in [-0.2, -0.15) is 0 Å². The first kappa shape index (κ1) is 8.49. The third-order valence-corrected chi connectivity index (χ3v) is 2.66. The van der Waals surface area contributed by atoms with E-state index in [2.05, 4.69) is 12.1 Å². The second-order valence-electron chi connectivity index (χ2n) is 3.65. The van der Waals surface area contributed by atoms with Gasteiger partial charge in [-0.1, -0.05) is 24.3 Å². The highest BCUT2D eigenvalue weighted by molar-refractivity contribution is 5.80. The minimum atomic E-state index is 0.411. The van der Waals surface area contributed by atoms with Gasteiger partial charge in [0.25, 0.3) is 0 Å². The molecule has 0 N–H and O–H groups in total. The van der Waals surface area contributed by atoms with Gasteiger partial charge in [0.15, 0.2) is 0 Å². The summed E-state index contributed by atoms with van der Waals surface area (Å²) in [7, 11) is 0. The second-order valence-corrected chi connectivity index (χ2v) is 3.65. The molecule has 1 radical (unpaired) electrons. The van der Waals surface area contributed by atoms with Crippen molar-refractivity contribution in [1.29, 1.82) is 0 Å². The van der Waals surface area contributed by atoms with Crippen molar-refractivity contribution in [2.45, 2.75) is 31.6 Å². The Balaban J connectivity index is 2.13. The summed E-state index contributed by atoms with van der Waals surface area (Å²) in [6.07, 6.45) is 3.70.